The first kappa shape index (κ1) is 14.4. The van der Waals surface area contributed by atoms with Gasteiger partial charge in [0.2, 0.25) is 0 Å². The van der Waals surface area contributed by atoms with Crippen LogP contribution in [0.1, 0.15) is 24.0 Å². The normalized spacial score (nSPS) is 15.0. The number of ether oxygens (including phenoxy) is 1. The van der Waals surface area contributed by atoms with Gasteiger partial charge in [-0.25, -0.2) is 0 Å². The summed E-state index contributed by atoms with van der Waals surface area (Å²) < 4.78 is 5.76. The average Bonchev–Trinajstić information content (AvgIpc) is 2.54. The van der Waals surface area contributed by atoms with Crippen LogP contribution in [0.4, 0.5) is 0 Å². The number of phenols is 1. The zero-order valence-corrected chi connectivity index (χ0v) is 12.3. The second kappa shape index (κ2) is 6.48. The number of hydrogen-bond acceptors (Lipinski definition) is 3. The van der Waals surface area contributed by atoms with E-state index in [1.807, 2.05) is 42.5 Å². The van der Waals surface area contributed by atoms with Crippen LogP contribution in [0.25, 0.3) is 0 Å². The number of hydrogen-bond donors (Lipinski definition) is 1. The van der Waals surface area contributed by atoms with Crippen molar-refractivity contribution in [3.63, 3.8) is 0 Å². The van der Waals surface area contributed by atoms with Crippen molar-refractivity contribution in [1.82, 2.24) is 0 Å². The number of allylic oxidation sites excluding steroid dienone is 2. The van der Waals surface area contributed by atoms with Crippen LogP contribution in [0.15, 0.2) is 54.6 Å². The van der Waals surface area contributed by atoms with E-state index in [1.54, 1.807) is 12.1 Å². The fourth-order valence-corrected chi connectivity index (χ4v) is 2.46. The van der Waals surface area contributed by atoms with Crippen LogP contribution in [-0.2, 0) is 17.6 Å². The van der Waals surface area contributed by atoms with Gasteiger partial charge in [0.15, 0.2) is 17.3 Å². The first-order chi connectivity index (χ1) is 10.7. The van der Waals surface area contributed by atoms with Crippen LogP contribution in [0, 0.1) is 0 Å². The molecule has 4 bridgehead atoms. The first-order valence-electron chi connectivity index (χ1n) is 7.49. The molecule has 3 nitrogen and oxygen atoms in total. The van der Waals surface area contributed by atoms with Crippen LogP contribution < -0.4 is 4.74 Å². The molecule has 2 aromatic carbocycles. The van der Waals surface area contributed by atoms with Crippen molar-refractivity contribution in [1.29, 1.82) is 0 Å². The third-order valence-corrected chi connectivity index (χ3v) is 3.74. The molecule has 0 radical (unpaired) electrons. The fourth-order valence-electron chi connectivity index (χ4n) is 2.46. The third-order valence-electron chi connectivity index (χ3n) is 3.74. The van der Waals surface area contributed by atoms with E-state index in [0.717, 1.165) is 30.4 Å². The van der Waals surface area contributed by atoms with Crippen molar-refractivity contribution in [3.8, 4) is 17.2 Å². The molecule has 0 aliphatic carbocycles. The molecule has 0 fully saturated rings. The molecule has 0 aromatic heterocycles. The lowest BCUT2D eigenvalue weighted by atomic mass is 10.1. The smallest absolute Gasteiger partial charge is 0.169 e. The van der Waals surface area contributed by atoms with Gasteiger partial charge in [-0.1, -0.05) is 24.3 Å². The molecule has 0 saturated heterocycles. The summed E-state index contributed by atoms with van der Waals surface area (Å²) in [6, 6.07) is 13.0. The van der Waals surface area contributed by atoms with E-state index >= 15 is 0 Å². The Hall–Kier alpha value is -2.55. The Morgan fingerprint density at radius 2 is 1.68 bits per heavy atom. The predicted octanol–water partition coefficient (Wildman–Crippen LogP) is 4.19. The van der Waals surface area contributed by atoms with Crippen molar-refractivity contribution in [2.75, 3.05) is 0 Å². The van der Waals surface area contributed by atoms with Gasteiger partial charge in [-0.15, -0.1) is 0 Å². The molecule has 22 heavy (non-hydrogen) atoms. The molecule has 1 N–H and O–H groups in total. The number of carbonyl (C=O) groups is 1. The molecule has 2 heterocycles. The highest BCUT2D eigenvalue weighted by molar-refractivity contribution is 5.89. The van der Waals surface area contributed by atoms with Crippen molar-refractivity contribution >= 4 is 5.78 Å². The number of aryl methyl sites for hydroxylation is 2. The molecule has 0 atom stereocenters. The molecular formula is C19H18O3. The number of benzene rings is 2. The summed E-state index contributed by atoms with van der Waals surface area (Å²) in [5.41, 5.74) is 2.17. The highest BCUT2D eigenvalue weighted by Gasteiger charge is 2.07. The molecule has 2 aromatic rings. The molecule has 112 valence electrons. The molecule has 2 aliphatic rings. The molecule has 2 aliphatic heterocycles. The Morgan fingerprint density at radius 1 is 0.909 bits per heavy atom. The van der Waals surface area contributed by atoms with Gasteiger partial charge in [-0.2, -0.15) is 0 Å². The molecular weight excluding hydrogens is 276 g/mol. The van der Waals surface area contributed by atoms with E-state index in [9.17, 15) is 9.90 Å². The Labute approximate surface area is 129 Å². The minimum Gasteiger partial charge on any atom is -0.504 e. The van der Waals surface area contributed by atoms with Crippen LogP contribution in [0.5, 0.6) is 17.2 Å². The minimum atomic E-state index is 0.128. The molecule has 0 unspecified atom stereocenters. The van der Waals surface area contributed by atoms with Crippen LogP contribution >= 0.6 is 0 Å². The summed E-state index contributed by atoms with van der Waals surface area (Å²) in [6.07, 6.45) is 6.43. The Balaban J connectivity index is 1.94. The van der Waals surface area contributed by atoms with E-state index in [2.05, 4.69) is 0 Å². The average molecular weight is 294 g/mol. The van der Waals surface area contributed by atoms with Crippen LogP contribution in [0.3, 0.4) is 0 Å². The molecule has 0 amide bonds. The maximum absolute atomic E-state index is 11.8. The zero-order chi connectivity index (χ0) is 15.4. The van der Waals surface area contributed by atoms with Gasteiger partial charge < -0.3 is 9.84 Å². The number of carbonyl (C=O) groups excluding carboxylic acids is 1. The summed E-state index contributed by atoms with van der Waals surface area (Å²) in [5.74, 6) is 1.42. The molecule has 0 saturated carbocycles. The summed E-state index contributed by atoms with van der Waals surface area (Å²) in [6.45, 7) is 0. The van der Waals surface area contributed by atoms with Crippen LogP contribution in [-0.4, -0.2) is 10.9 Å². The Kier molecular flexibility index (Phi) is 4.24. The number of aromatic hydroxyl groups is 1. The van der Waals surface area contributed by atoms with Gasteiger partial charge in [0, 0.05) is 6.42 Å². The summed E-state index contributed by atoms with van der Waals surface area (Å²) in [5, 5.41) is 9.93. The van der Waals surface area contributed by atoms with Crippen molar-refractivity contribution < 1.29 is 14.6 Å². The van der Waals surface area contributed by atoms with Gasteiger partial charge in [0.1, 0.15) is 5.75 Å². The Morgan fingerprint density at radius 3 is 2.50 bits per heavy atom. The lowest BCUT2D eigenvalue weighted by Crippen LogP contribution is -1.96. The second-order valence-electron chi connectivity index (χ2n) is 5.46. The quantitative estimate of drug-likeness (QED) is 0.792. The number of phenolic OH excluding ortho intramolecular Hbond substituents is 1. The largest absolute Gasteiger partial charge is 0.504 e. The molecule has 0 spiro atoms. The minimum absolute atomic E-state index is 0.128. The van der Waals surface area contributed by atoms with Crippen molar-refractivity contribution in [2.45, 2.75) is 25.7 Å². The van der Waals surface area contributed by atoms with Crippen LogP contribution in [0.2, 0.25) is 0 Å². The molecule has 4 rings (SSSR count). The fraction of sp³-hybridized carbons (Fsp3) is 0.211. The van der Waals surface area contributed by atoms with Gasteiger partial charge in [0.25, 0.3) is 0 Å². The van der Waals surface area contributed by atoms with Crippen molar-refractivity contribution in [3.05, 3.63) is 65.7 Å². The maximum Gasteiger partial charge on any atom is 0.169 e. The maximum atomic E-state index is 11.8. The monoisotopic (exact) mass is 294 g/mol. The van der Waals surface area contributed by atoms with Gasteiger partial charge in [-0.3, -0.25) is 4.79 Å². The topological polar surface area (TPSA) is 46.5 Å². The number of rotatable bonds is 0. The first-order valence-corrected chi connectivity index (χ1v) is 7.49. The summed E-state index contributed by atoms with van der Waals surface area (Å²) in [7, 11) is 0. The van der Waals surface area contributed by atoms with Gasteiger partial charge >= 0.3 is 0 Å². The van der Waals surface area contributed by atoms with E-state index in [-0.39, 0.29) is 11.5 Å². The summed E-state index contributed by atoms with van der Waals surface area (Å²) in [4.78, 5) is 11.8. The predicted molar refractivity (Wildman–Crippen MR) is 85.4 cm³/mol. The van der Waals surface area contributed by atoms with E-state index in [4.69, 9.17) is 4.74 Å². The standard InChI is InChI=1S/C19H18O3/c20-16-4-2-1-3-15-8-12-18(21)19(13-15)22-17-10-6-14(5-9-16)7-11-17/h2,4,6-8,10-13,21H,1,3,5,9H2. The van der Waals surface area contributed by atoms with E-state index < -0.39 is 0 Å². The summed E-state index contributed by atoms with van der Waals surface area (Å²) >= 11 is 0. The van der Waals surface area contributed by atoms with E-state index in [1.165, 1.54) is 0 Å². The van der Waals surface area contributed by atoms with Gasteiger partial charge in [-0.05, 0) is 60.7 Å². The lowest BCUT2D eigenvalue weighted by Gasteiger charge is -2.10. The lowest BCUT2D eigenvalue weighted by molar-refractivity contribution is -0.114. The second-order valence-corrected chi connectivity index (χ2v) is 5.46. The number of fused-ring (bicyclic) bond motifs is 7. The molecule has 3 heteroatoms. The highest BCUT2D eigenvalue weighted by Crippen LogP contribution is 2.32. The zero-order valence-electron chi connectivity index (χ0n) is 12.3. The SMILES string of the molecule is O=C1C=CCCc2ccc(O)c(c2)Oc2ccc(cc2)CC1. The van der Waals surface area contributed by atoms with E-state index in [0.29, 0.717) is 17.9 Å². The highest BCUT2D eigenvalue weighted by atomic mass is 16.5. The Bertz CT molecular complexity index is 699. The number of ketones is 1. The van der Waals surface area contributed by atoms with Crippen molar-refractivity contribution in [2.24, 2.45) is 0 Å². The van der Waals surface area contributed by atoms with Gasteiger partial charge in [0.05, 0.1) is 0 Å². The third kappa shape index (κ3) is 3.55.